The Kier molecular flexibility index (Phi) is 5.51. The summed E-state index contributed by atoms with van der Waals surface area (Å²) in [5.41, 5.74) is 1.73. The van der Waals surface area contributed by atoms with Crippen LogP contribution in [-0.4, -0.2) is 28.5 Å². The minimum atomic E-state index is -0.670. The molecule has 2 fully saturated rings. The van der Waals surface area contributed by atoms with Crippen LogP contribution in [0, 0.1) is 17.8 Å². The molecule has 5 rings (SSSR count). The summed E-state index contributed by atoms with van der Waals surface area (Å²) in [5.74, 6) is 1.14. The molecule has 31 heavy (non-hydrogen) atoms. The first-order valence-electron chi connectivity index (χ1n) is 11.7. The van der Waals surface area contributed by atoms with Crippen molar-refractivity contribution >= 4 is 23.0 Å². The number of hydrogen-bond donors (Lipinski definition) is 0. The molecule has 2 aliphatic heterocycles. The van der Waals surface area contributed by atoms with Crippen molar-refractivity contribution in [1.82, 2.24) is 4.90 Å². The van der Waals surface area contributed by atoms with Gasteiger partial charge in [0.2, 0.25) is 5.91 Å². The second-order valence-electron chi connectivity index (χ2n) is 9.34. The lowest BCUT2D eigenvalue weighted by Gasteiger charge is -2.38. The molecule has 3 aliphatic rings. The first-order valence-corrected chi connectivity index (χ1v) is 12.6. The number of benzene rings is 1. The summed E-state index contributed by atoms with van der Waals surface area (Å²) in [5, 5.41) is 2.08. The Bertz CT molecular complexity index is 953. The standard InChI is InChI=1S/C26H32N2O2S/c1-4-18(5-2)24-27-23-14-21(19-10-7-6-8-11-19)17(3)22-15-26(23,30-24)28(25(22)29)16-20-12-9-13-31-20/h6-13,17-18,21-22,24H,4-5,14-16H2,1-3H3/t17-,21+,22?,24-,26+/m1/s1. The van der Waals surface area contributed by atoms with Crippen LogP contribution in [0.15, 0.2) is 52.8 Å². The van der Waals surface area contributed by atoms with E-state index >= 15 is 0 Å². The van der Waals surface area contributed by atoms with E-state index < -0.39 is 5.72 Å². The Morgan fingerprint density at radius 2 is 1.94 bits per heavy atom. The summed E-state index contributed by atoms with van der Waals surface area (Å²) >= 11 is 1.71. The number of ether oxygens (including phenoxy) is 1. The van der Waals surface area contributed by atoms with Crippen molar-refractivity contribution in [2.24, 2.45) is 22.7 Å². The SMILES string of the molecule is CCC(CC)[C@@H]1N=C2C[C@H](c3ccccc3)[C@@H](C)C3C[C@@]2(O1)N(Cc1cccs1)C3=O. The van der Waals surface area contributed by atoms with Gasteiger partial charge in [0, 0.05) is 23.1 Å². The number of fused-ring (bicyclic) bond motifs is 1. The number of amides is 1. The highest BCUT2D eigenvalue weighted by Gasteiger charge is 2.62. The van der Waals surface area contributed by atoms with E-state index in [1.54, 1.807) is 11.3 Å². The fourth-order valence-electron chi connectivity index (χ4n) is 5.88. The van der Waals surface area contributed by atoms with E-state index in [1.165, 1.54) is 10.4 Å². The Morgan fingerprint density at radius 3 is 2.61 bits per heavy atom. The van der Waals surface area contributed by atoms with Gasteiger partial charge < -0.3 is 9.64 Å². The van der Waals surface area contributed by atoms with Gasteiger partial charge in [0.25, 0.3) is 0 Å². The van der Waals surface area contributed by atoms with Crippen molar-refractivity contribution in [3.05, 3.63) is 58.3 Å². The van der Waals surface area contributed by atoms with Crippen LogP contribution in [0.4, 0.5) is 0 Å². The van der Waals surface area contributed by atoms with Crippen molar-refractivity contribution in [2.75, 3.05) is 0 Å². The minimum absolute atomic E-state index is 0.0293. The van der Waals surface area contributed by atoms with Gasteiger partial charge in [-0.25, -0.2) is 0 Å². The van der Waals surface area contributed by atoms with Crippen molar-refractivity contribution < 1.29 is 9.53 Å². The van der Waals surface area contributed by atoms with E-state index in [0.29, 0.717) is 18.4 Å². The Labute approximate surface area is 189 Å². The molecule has 1 spiro atoms. The zero-order chi connectivity index (χ0) is 21.6. The van der Waals surface area contributed by atoms with Crippen LogP contribution in [0.3, 0.4) is 0 Å². The van der Waals surface area contributed by atoms with E-state index in [2.05, 4.69) is 68.6 Å². The number of likely N-dealkylation sites (tertiary alicyclic amines) is 1. The predicted molar refractivity (Wildman–Crippen MR) is 125 cm³/mol. The highest BCUT2D eigenvalue weighted by atomic mass is 32.1. The molecule has 1 unspecified atom stereocenters. The monoisotopic (exact) mass is 436 g/mol. The maximum atomic E-state index is 13.8. The van der Waals surface area contributed by atoms with Crippen molar-refractivity contribution in [3.8, 4) is 0 Å². The highest BCUT2D eigenvalue weighted by Crippen LogP contribution is 2.53. The third kappa shape index (κ3) is 3.37. The number of hydrogen-bond acceptors (Lipinski definition) is 4. The van der Waals surface area contributed by atoms with Gasteiger partial charge in [-0.15, -0.1) is 11.3 Å². The number of thiophene rings is 1. The molecule has 0 radical (unpaired) electrons. The van der Waals surface area contributed by atoms with E-state index in [4.69, 9.17) is 9.73 Å². The molecule has 1 aliphatic carbocycles. The lowest BCUT2D eigenvalue weighted by atomic mass is 9.78. The molecular formula is C26H32N2O2S. The normalized spacial score (nSPS) is 32.3. The summed E-state index contributed by atoms with van der Waals surface area (Å²) in [4.78, 5) is 22.2. The van der Waals surface area contributed by atoms with Gasteiger partial charge in [-0.3, -0.25) is 9.79 Å². The second-order valence-corrected chi connectivity index (χ2v) is 10.4. The number of carbonyl (C=O) groups excluding carboxylic acids is 1. The van der Waals surface area contributed by atoms with Crippen LogP contribution >= 0.6 is 11.3 Å². The predicted octanol–water partition coefficient (Wildman–Crippen LogP) is 5.85. The molecule has 1 aromatic heterocycles. The van der Waals surface area contributed by atoms with E-state index in [-0.39, 0.29) is 24.0 Å². The van der Waals surface area contributed by atoms with Crippen LogP contribution in [0.1, 0.15) is 62.8 Å². The summed E-state index contributed by atoms with van der Waals surface area (Å²) in [6.45, 7) is 7.29. The number of carbonyl (C=O) groups is 1. The fraction of sp³-hybridized carbons (Fsp3) is 0.538. The largest absolute Gasteiger partial charge is 0.325 e. The maximum Gasteiger partial charge on any atom is 0.229 e. The quantitative estimate of drug-likeness (QED) is 0.570. The van der Waals surface area contributed by atoms with Gasteiger partial charge in [-0.1, -0.05) is 57.2 Å². The van der Waals surface area contributed by atoms with Crippen LogP contribution < -0.4 is 0 Å². The molecule has 2 bridgehead atoms. The van der Waals surface area contributed by atoms with Crippen LogP contribution in [0.2, 0.25) is 0 Å². The Morgan fingerprint density at radius 1 is 1.16 bits per heavy atom. The topological polar surface area (TPSA) is 41.9 Å². The molecular weight excluding hydrogens is 404 g/mol. The average molecular weight is 437 g/mol. The molecule has 1 saturated carbocycles. The molecule has 164 valence electrons. The average Bonchev–Trinajstić information content (AvgIpc) is 3.47. The smallest absolute Gasteiger partial charge is 0.229 e. The summed E-state index contributed by atoms with van der Waals surface area (Å²) in [6, 6.07) is 14.8. The molecule has 5 heteroatoms. The molecule has 2 aromatic rings. The lowest BCUT2D eigenvalue weighted by molar-refractivity contribution is -0.154. The summed E-state index contributed by atoms with van der Waals surface area (Å²) in [7, 11) is 0. The van der Waals surface area contributed by atoms with Gasteiger partial charge in [0.05, 0.1) is 12.3 Å². The third-order valence-corrected chi connectivity index (χ3v) is 8.68. The first-order chi connectivity index (χ1) is 15.1. The minimum Gasteiger partial charge on any atom is -0.325 e. The summed E-state index contributed by atoms with van der Waals surface area (Å²) in [6.07, 6.45) is 3.53. The zero-order valence-electron chi connectivity index (χ0n) is 18.7. The van der Waals surface area contributed by atoms with Gasteiger partial charge >= 0.3 is 0 Å². The van der Waals surface area contributed by atoms with Gasteiger partial charge in [0.15, 0.2) is 12.0 Å². The summed E-state index contributed by atoms with van der Waals surface area (Å²) < 4.78 is 6.84. The van der Waals surface area contributed by atoms with Crippen molar-refractivity contribution in [1.29, 1.82) is 0 Å². The highest BCUT2D eigenvalue weighted by molar-refractivity contribution is 7.09. The Hall–Kier alpha value is -1.98. The van der Waals surface area contributed by atoms with Crippen LogP contribution in [0.5, 0.6) is 0 Å². The van der Waals surface area contributed by atoms with Gasteiger partial charge in [-0.05, 0) is 48.1 Å². The number of nitrogens with zero attached hydrogens (tertiary/aromatic N) is 2. The molecule has 1 aromatic carbocycles. The molecule has 0 N–H and O–H groups in total. The molecule has 1 saturated heterocycles. The van der Waals surface area contributed by atoms with Crippen molar-refractivity contribution in [3.63, 3.8) is 0 Å². The van der Waals surface area contributed by atoms with E-state index in [1.807, 2.05) is 4.90 Å². The van der Waals surface area contributed by atoms with Crippen molar-refractivity contribution in [2.45, 2.75) is 70.9 Å². The van der Waals surface area contributed by atoms with Crippen LogP contribution in [0.25, 0.3) is 0 Å². The van der Waals surface area contributed by atoms with Crippen LogP contribution in [-0.2, 0) is 16.1 Å². The molecule has 5 atom stereocenters. The molecule has 1 amide bonds. The lowest BCUT2D eigenvalue weighted by Crippen LogP contribution is -2.52. The third-order valence-electron chi connectivity index (χ3n) is 7.82. The zero-order valence-corrected chi connectivity index (χ0v) is 19.5. The maximum absolute atomic E-state index is 13.8. The molecule has 3 heterocycles. The molecule has 4 nitrogen and oxygen atoms in total. The number of rotatable bonds is 6. The van der Waals surface area contributed by atoms with Gasteiger partial charge in [0.1, 0.15) is 0 Å². The van der Waals surface area contributed by atoms with Gasteiger partial charge in [-0.2, -0.15) is 0 Å². The fourth-order valence-corrected chi connectivity index (χ4v) is 6.58. The van der Waals surface area contributed by atoms with E-state index in [9.17, 15) is 4.79 Å². The second kappa shape index (κ2) is 8.18. The number of aliphatic imine (C=N–C) groups is 1. The first kappa shape index (κ1) is 20.9. The van der Waals surface area contributed by atoms with E-state index in [0.717, 1.165) is 31.4 Å². The Balaban J connectivity index is 1.57.